The maximum atomic E-state index is 12.8. The van der Waals surface area contributed by atoms with Gasteiger partial charge in [0.2, 0.25) is 5.91 Å². The van der Waals surface area contributed by atoms with Gasteiger partial charge in [-0.15, -0.1) is 0 Å². The van der Waals surface area contributed by atoms with E-state index in [0.29, 0.717) is 27.3 Å². The normalized spacial score (nSPS) is 10.9. The van der Waals surface area contributed by atoms with Crippen LogP contribution in [0.3, 0.4) is 0 Å². The number of anilines is 2. The van der Waals surface area contributed by atoms with E-state index < -0.39 is 5.69 Å². The fraction of sp³-hybridized carbons (Fsp3) is 0.250. The number of hydrogen-bond acceptors (Lipinski definition) is 4. The first kappa shape index (κ1) is 19.7. The first-order chi connectivity index (χ1) is 13.3. The summed E-state index contributed by atoms with van der Waals surface area (Å²) >= 11 is 6.24. The molecule has 0 unspecified atom stereocenters. The molecule has 3 aromatic rings. The topological polar surface area (TPSA) is 76.3 Å². The Kier molecular flexibility index (Phi) is 5.56. The van der Waals surface area contributed by atoms with E-state index in [1.165, 1.54) is 4.57 Å². The third kappa shape index (κ3) is 3.53. The van der Waals surface area contributed by atoms with Gasteiger partial charge in [0.1, 0.15) is 6.54 Å². The number of amides is 1. The van der Waals surface area contributed by atoms with E-state index >= 15 is 0 Å². The molecule has 0 atom stereocenters. The molecule has 0 spiro atoms. The van der Waals surface area contributed by atoms with Gasteiger partial charge in [-0.25, -0.2) is 4.79 Å². The van der Waals surface area contributed by atoms with Gasteiger partial charge < -0.3 is 10.2 Å². The molecular formula is C20H21ClN4O3. The van der Waals surface area contributed by atoms with Gasteiger partial charge in [-0.05, 0) is 31.2 Å². The maximum absolute atomic E-state index is 12.8. The van der Waals surface area contributed by atoms with Gasteiger partial charge in [0.05, 0.1) is 27.3 Å². The second-order valence-corrected chi connectivity index (χ2v) is 6.92. The van der Waals surface area contributed by atoms with Crippen LogP contribution in [0, 0.1) is 0 Å². The monoisotopic (exact) mass is 400 g/mol. The number of carbonyl (C=O) groups is 1. The lowest BCUT2D eigenvalue weighted by Gasteiger charge is -2.20. The predicted octanol–water partition coefficient (Wildman–Crippen LogP) is 2.54. The van der Waals surface area contributed by atoms with E-state index in [4.69, 9.17) is 11.6 Å². The van der Waals surface area contributed by atoms with Crippen molar-refractivity contribution in [3.63, 3.8) is 0 Å². The van der Waals surface area contributed by atoms with Crippen LogP contribution in [-0.2, 0) is 17.9 Å². The molecule has 0 aliphatic rings. The fourth-order valence-electron chi connectivity index (χ4n) is 3.21. The number of rotatable bonds is 5. The van der Waals surface area contributed by atoms with Gasteiger partial charge in [-0.2, -0.15) is 0 Å². The molecule has 146 valence electrons. The molecule has 1 N–H and O–H groups in total. The number of fused-ring (bicyclic) bond motifs is 1. The molecule has 0 aliphatic heterocycles. The van der Waals surface area contributed by atoms with E-state index in [1.54, 1.807) is 54.3 Å². The minimum absolute atomic E-state index is 0.223. The molecule has 7 nitrogen and oxygen atoms in total. The highest BCUT2D eigenvalue weighted by molar-refractivity contribution is 6.34. The van der Waals surface area contributed by atoms with Crippen molar-refractivity contribution >= 4 is 39.8 Å². The largest absolute Gasteiger partial charge is 0.375 e. The molecule has 8 heteroatoms. The van der Waals surface area contributed by atoms with Crippen LogP contribution in [0.4, 0.5) is 11.4 Å². The van der Waals surface area contributed by atoms with Crippen molar-refractivity contribution in [1.29, 1.82) is 0 Å². The second kappa shape index (κ2) is 7.90. The smallest absolute Gasteiger partial charge is 0.331 e. The van der Waals surface area contributed by atoms with E-state index in [9.17, 15) is 14.4 Å². The molecule has 0 radical (unpaired) electrons. The van der Waals surface area contributed by atoms with Crippen LogP contribution in [0.2, 0.25) is 5.02 Å². The molecule has 1 heterocycles. The molecule has 0 aliphatic carbocycles. The summed E-state index contributed by atoms with van der Waals surface area (Å²) in [7, 11) is 3.65. The Bertz CT molecular complexity index is 1160. The Morgan fingerprint density at radius 1 is 1.07 bits per heavy atom. The minimum Gasteiger partial charge on any atom is -0.375 e. The fourth-order valence-corrected chi connectivity index (χ4v) is 3.55. The Morgan fingerprint density at radius 2 is 1.79 bits per heavy atom. The number of nitrogens with zero attached hydrogens (tertiary/aromatic N) is 3. The number of hydrogen-bond donors (Lipinski definition) is 1. The molecule has 0 bridgehead atoms. The van der Waals surface area contributed by atoms with E-state index in [-0.39, 0.29) is 24.6 Å². The van der Waals surface area contributed by atoms with Crippen molar-refractivity contribution in [3.8, 4) is 0 Å². The van der Waals surface area contributed by atoms with E-state index in [0.717, 1.165) is 4.57 Å². The summed E-state index contributed by atoms with van der Waals surface area (Å²) in [5, 5.41) is 3.71. The molecule has 2 aromatic carbocycles. The van der Waals surface area contributed by atoms with Gasteiger partial charge in [-0.3, -0.25) is 18.7 Å². The Hall–Kier alpha value is -3.06. The summed E-state index contributed by atoms with van der Waals surface area (Å²) in [5.74, 6) is -0.390. The molecule has 1 aromatic heterocycles. The quantitative estimate of drug-likeness (QED) is 0.714. The lowest BCUT2D eigenvalue weighted by atomic mass is 10.2. The third-order valence-corrected chi connectivity index (χ3v) is 4.76. The van der Waals surface area contributed by atoms with Crippen LogP contribution in [0.15, 0.2) is 52.1 Å². The van der Waals surface area contributed by atoms with Crippen molar-refractivity contribution in [1.82, 2.24) is 9.13 Å². The first-order valence-electron chi connectivity index (χ1n) is 8.83. The standard InChI is InChI=1S/C20H21ClN4O3/c1-4-24-19(27)13-8-5-6-11-16(13)25(20(24)28)12-17(26)22-15-10-7-9-14(21)18(15)23(2)3/h5-11H,4,12H2,1-3H3,(H,22,26). The maximum Gasteiger partial charge on any atom is 0.331 e. The van der Waals surface area contributed by atoms with E-state index in [2.05, 4.69) is 5.32 Å². The zero-order chi connectivity index (χ0) is 20.4. The zero-order valence-corrected chi connectivity index (χ0v) is 16.7. The number of para-hydroxylation sites is 2. The van der Waals surface area contributed by atoms with E-state index in [1.807, 2.05) is 14.1 Å². The molecular weight excluding hydrogens is 380 g/mol. The highest BCUT2D eigenvalue weighted by Gasteiger charge is 2.16. The van der Waals surface area contributed by atoms with Crippen molar-refractivity contribution in [2.75, 3.05) is 24.3 Å². The molecule has 1 amide bonds. The van der Waals surface area contributed by atoms with Gasteiger partial charge in [0.25, 0.3) is 5.56 Å². The summed E-state index contributed by atoms with van der Waals surface area (Å²) in [6.45, 7) is 1.72. The number of halogens is 1. The van der Waals surface area contributed by atoms with Crippen LogP contribution in [0.25, 0.3) is 10.9 Å². The highest BCUT2D eigenvalue weighted by Crippen LogP contribution is 2.32. The number of aromatic nitrogens is 2. The SMILES string of the molecule is CCn1c(=O)c2ccccc2n(CC(=O)Nc2cccc(Cl)c2N(C)C)c1=O. The Balaban J connectivity index is 2.03. The van der Waals surface area contributed by atoms with Crippen LogP contribution >= 0.6 is 11.6 Å². The van der Waals surface area contributed by atoms with Gasteiger partial charge in [0.15, 0.2) is 0 Å². The molecule has 0 saturated carbocycles. The second-order valence-electron chi connectivity index (χ2n) is 6.51. The van der Waals surface area contributed by atoms with Crippen LogP contribution < -0.4 is 21.5 Å². The minimum atomic E-state index is -0.514. The molecule has 3 rings (SSSR count). The Labute approximate surface area is 166 Å². The summed E-state index contributed by atoms with van der Waals surface area (Å²) in [4.78, 5) is 39.8. The highest BCUT2D eigenvalue weighted by atomic mass is 35.5. The van der Waals surface area contributed by atoms with Crippen LogP contribution in [-0.4, -0.2) is 29.1 Å². The van der Waals surface area contributed by atoms with Crippen molar-refractivity contribution < 1.29 is 4.79 Å². The van der Waals surface area contributed by atoms with Crippen molar-refractivity contribution in [3.05, 3.63) is 68.3 Å². The Morgan fingerprint density at radius 3 is 2.46 bits per heavy atom. The molecule has 28 heavy (non-hydrogen) atoms. The van der Waals surface area contributed by atoms with Crippen molar-refractivity contribution in [2.45, 2.75) is 20.0 Å². The summed E-state index contributed by atoms with van der Waals surface area (Å²) in [5.41, 5.74) is 0.776. The molecule has 0 fully saturated rings. The summed E-state index contributed by atoms with van der Waals surface area (Å²) in [6, 6.07) is 12.0. The first-order valence-corrected chi connectivity index (χ1v) is 9.21. The lowest BCUT2D eigenvalue weighted by Crippen LogP contribution is -2.41. The average molecular weight is 401 g/mol. The van der Waals surface area contributed by atoms with Crippen molar-refractivity contribution in [2.24, 2.45) is 0 Å². The third-order valence-electron chi connectivity index (χ3n) is 4.46. The summed E-state index contributed by atoms with van der Waals surface area (Å²) in [6.07, 6.45) is 0. The van der Waals surface area contributed by atoms with Gasteiger partial charge in [-0.1, -0.05) is 29.8 Å². The van der Waals surface area contributed by atoms with Crippen LogP contribution in [0.5, 0.6) is 0 Å². The molecule has 0 saturated heterocycles. The zero-order valence-electron chi connectivity index (χ0n) is 15.9. The van der Waals surface area contributed by atoms with Gasteiger partial charge in [0, 0.05) is 20.6 Å². The number of nitrogens with one attached hydrogen (secondary N) is 1. The lowest BCUT2D eigenvalue weighted by molar-refractivity contribution is -0.116. The van der Waals surface area contributed by atoms with Crippen LogP contribution in [0.1, 0.15) is 6.92 Å². The number of carbonyl (C=O) groups excluding carboxylic acids is 1. The predicted molar refractivity (Wildman–Crippen MR) is 113 cm³/mol. The summed E-state index contributed by atoms with van der Waals surface area (Å²) < 4.78 is 2.44. The van der Waals surface area contributed by atoms with Gasteiger partial charge >= 0.3 is 5.69 Å². The number of benzene rings is 2. The average Bonchev–Trinajstić information content (AvgIpc) is 2.65.